The first-order valence-electron chi connectivity index (χ1n) is 6.06. The van der Waals surface area contributed by atoms with Crippen molar-refractivity contribution in [2.45, 2.75) is 19.5 Å². The van der Waals surface area contributed by atoms with Crippen LogP contribution in [0.4, 0.5) is 0 Å². The number of rotatable bonds is 4. The minimum Gasteiger partial charge on any atom is -0.329 e. The quantitative estimate of drug-likeness (QED) is 0.924. The minimum atomic E-state index is 0.239. The van der Waals surface area contributed by atoms with Crippen LogP contribution in [0.5, 0.6) is 0 Å². The fourth-order valence-electron chi connectivity index (χ4n) is 2.04. The van der Waals surface area contributed by atoms with Gasteiger partial charge >= 0.3 is 0 Å². The van der Waals surface area contributed by atoms with Crippen molar-refractivity contribution in [2.75, 3.05) is 20.6 Å². The van der Waals surface area contributed by atoms with Gasteiger partial charge in [-0.25, -0.2) is 4.98 Å². The summed E-state index contributed by atoms with van der Waals surface area (Å²) in [5.41, 5.74) is 7.72. The second-order valence-corrected chi connectivity index (χ2v) is 5.12. The first kappa shape index (κ1) is 13.3. The summed E-state index contributed by atoms with van der Waals surface area (Å²) >= 11 is 6.02. The van der Waals surface area contributed by atoms with Gasteiger partial charge in [-0.05, 0) is 39.2 Å². The standard InChI is InChI=1S/C13H19ClN4/c1-9(17(2)3)13-16-11-8-10(14)4-5-12(11)18(13)7-6-15/h4-5,8-9H,6-7,15H2,1-3H3. The van der Waals surface area contributed by atoms with E-state index in [-0.39, 0.29) is 6.04 Å². The Kier molecular flexibility index (Phi) is 3.90. The lowest BCUT2D eigenvalue weighted by molar-refractivity contribution is 0.302. The largest absolute Gasteiger partial charge is 0.329 e. The molecule has 1 heterocycles. The summed E-state index contributed by atoms with van der Waals surface area (Å²) < 4.78 is 2.18. The molecule has 0 bridgehead atoms. The van der Waals surface area contributed by atoms with Gasteiger partial charge in [0.1, 0.15) is 5.82 Å². The third kappa shape index (κ3) is 2.36. The highest BCUT2D eigenvalue weighted by molar-refractivity contribution is 6.31. The van der Waals surface area contributed by atoms with Crippen LogP contribution in [-0.2, 0) is 6.54 Å². The van der Waals surface area contributed by atoms with Crippen molar-refractivity contribution < 1.29 is 0 Å². The summed E-state index contributed by atoms with van der Waals surface area (Å²) in [4.78, 5) is 6.83. The van der Waals surface area contributed by atoms with E-state index < -0.39 is 0 Å². The van der Waals surface area contributed by atoms with Crippen molar-refractivity contribution in [2.24, 2.45) is 5.73 Å². The van der Waals surface area contributed by atoms with Crippen LogP contribution in [-0.4, -0.2) is 35.1 Å². The molecule has 0 aliphatic heterocycles. The van der Waals surface area contributed by atoms with Crippen molar-refractivity contribution in [3.63, 3.8) is 0 Å². The number of hydrogen-bond acceptors (Lipinski definition) is 3. The highest BCUT2D eigenvalue weighted by atomic mass is 35.5. The van der Waals surface area contributed by atoms with Crippen LogP contribution in [0.2, 0.25) is 5.02 Å². The zero-order chi connectivity index (χ0) is 13.3. The molecule has 1 atom stereocenters. The molecule has 0 amide bonds. The number of hydrogen-bond donors (Lipinski definition) is 1. The normalized spacial score (nSPS) is 13.4. The fourth-order valence-corrected chi connectivity index (χ4v) is 2.20. The molecule has 0 radical (unpaired) electrons. The Balaban J connectivity index is 2.60. The van der Waals surface area contributed by atoms with Crippen molar-refractivity contribution >= 4 is 22.6 Å². The van der Waals surface area contributed by atoms with Gasteiger partial charge in [0.05, 0.1) is 17.1 Å². The van der Waals surface area contributed by atoms with E-state index in [2.05, 4.69) is 16.4 Å². The summed E-state index contributed by atoms with van der Waals surface area (Å²) in [6, 6.07) is 6.03. The molecule has 0 spiro atoms. The molecule has 0 saturated heterocycles. The van der Waals surface area contributed by atoms with Gasteiger partial charge in [-0.3, -0.25) is 4.90 Å². The molecule has 1 aromatic carbocycles. The van der Waals surface area contributed by atoms with Gasteiger partial charge in [0.15, 0.2) is 0 Å². The summed E-state index contributed by atoms with van der Waals surface area (Å²) in [5, 5.41) is 0.712. The molecule has 2 aromatic rings. The van der Waals surface area contributed by atoms with Crippen LogP contribution in [0.1, 0.15) is 18.8 Å². The Morgan fingerprint density at radius 3 is 2.78 bits per heavy atom. The number of nitrogens with two attached hydrogens (primary N) is 1. The van der Waals surface area contributed by atoms with E-state index in [0.717, 1.165) is 23.4 Å². The smallest absolute Gasteiger partial charge is 0.127 e. The van der Waals surface area contributed by atoms with Gasteiger partial charge < -0.3 is 10.3 Å². The van der Waals surface area contributed by atoms with Gasteiger partial charge in [0.25, 0.3) is 0 Å². The number of aromatic nitrogens is 2. The Morgan fingerprint density at radius 2 is 2.17 bits per heavy atom. The van der Waals surface area contributed by atoms with Crippen LogP contribution >= 0.6 is 11.6 Å². The van der Waals surface area contributed by atoms with E-state index >= 15 is 0 Å². The molecular weight excluding hydrogens is 248 g/mol. The Labute approximate surface area is 112 Å². The van der Waals surface area contributed by atoms with Crippen molar-refractivity contribution in [1.82, 2.24) is 14.5 Å². The zero-order valence-electron chi connectivity index (χ0n) is 11.0. The van der Waals surface area contributed by atoms with E-state index in [9.17, 15) is 0 Å². The molecule has 4 nitrogen and oxygen atoms in total. The molecule has 0 aliphatic rings. The predicted octanol–water partition coefficient (Wildman–Crippen LogP) is 2.27. The lowest BCUT2D eigenvalue weighted by Gasteiger charge is -2.20. The first-order chi connectivity index (χ1) is 8.54. The number of fused-ring (bicyclic) bond motifs is 1. The average Bonchev–Trinajstić information content (AvgIpc) is 2.66. The molecule has 2 N–H and O–H groups in total. The lowest BCUT2D eigenvalue weighted by Crippen LogP contribution is -2.22. The second-order valence-electron chi connectivity index (χ2n) is 4.68. The molecule has 0 fully saturated rings. The maximum absolute atomic E-state index is 6.02. The monoisotopic (exact) mass is 266 g/mol. The number of halogens is 1. The molecule has 0 aliphatic carbocycles. The van der Waals surface area contributed by atoms with Crippen LogP contribution in [0.3, 0.4) is 0 Å². The van der Waals surface area contributed by atoms with E-state index in [4.69, 9.17) is 22.3 Å². The molecule has 5 heteroatoms. The van der Waals surface area contributed by atoms with E-state index in [1.165, 1.54) is 0 Å². The SMILES string of the molecule is CC(c1nc2cc(Cl)ccc2n1CCN)N(C)C. The summed E-state index contributed by atoms with van der Waals surface area (Å²) in [6.07, 6.45) is 0. The second kappa shape index (κ2) is 5.26. The van der Waals surface area contributed by atoms with E-state index in [1.807, 2.05) is 32.3 Å². The molecule has 0 saturated carbocycles. The summed E-state index contributed by atoms with van der Waals surface area (Å²) in [5.74, 6) is 1.03. The van der Waals surface area contributed by atoms with Gasteiger partial charge in [-0.1, -0.05) is 11.6 Å². The lowest BCUT2D eigenvalue weighted by atomic mass is 10.3. The molecule has 1 unspecified atom stereocenters. The third-order valence-electron chi connectivity index (χ3n) is 3.24. The zero-order valence-corrected chi connectivity index (χ0v) is 11.8. The van der Waals surface area contributed by atoms with Crippen molar-refractivity contribution in [1.29, 1.82) is 0 Å². The van der Waals surface area contributed by atoms with Crippen LogP contribution in [0, 0.1) is 0 Å². The number of benzene rings is 1. The van der Waals surface area contributed by atoms with Crippen LogP contribution in [0.25, 0.3) is 11.0 Å². The Bertz CT molecular complexity index is 547. The van der Waals surface area contributed by atoms with Gasteiger partial charge in [0, 0.05) is 18.1 Å². The number of nitrogens with zero attached hydrogens (tertiary/aromatic N) is 3. The Hall–Kier alpha value is -1.10. The van der Waals surface area contributed by atoms with Crippen LogP contribution in [0.15, 0.2) is 18.2 Å². The van der Waals surface area contributed by atoms with Crippen molar-refractivity contribution in [3.8, 4) is 0 Å². The van der Waals surface area contributed by atoms with Crippen LogP contribution < -0.4 is 5.73 Å². The molecule has 98 valence electrons. The molecular formula is C13H19ClN4. The Morgan fingerprint density at radius 1 is 1.44 bits per heavy atom. The molecule has 18 heavy (non-hydrogen) atoms. The highest BCUT2D eigenvalue weighted by Crippen LogP contribution is 2.25. The van der Waals surface area contributed by atoms with E-state index in [0.29, 0.717) is 11.6 Å². The summed E-state index contributed by atoms with van der Waals surface area (Å²) in [7, 11) is 4.09. The summed E-state index contributed by atoms with van der Waals surface area (Å²) in [6.45, 7) is 3.50. The fraction of sp³-hybridized carbons (Fsp3) is 0.462. The molecule has 2 rings (SSSR count). The molecule has 1 aromatic heterocycles. The van der Waals surface area contributed by atoms with Crippen molar-refractivity contribution in [3.05, 3.63) is 29.0 Å². The van der Waals surface area contributed by atoms with E-state index in [1.54, 1.807) is 0 Å². The maximum Gasteiger partial charge on any atom is 0.127 e. The minimum absolute atomic E-state index is 0.239. The predicted molar refractivity (Wildman–Crippen MR) is 75.9 cm³/mol. The first-order valence-corrected chi connectivity index (χ1v) is 6.44. The number of imidazole rings is 1. The average molecular weight is 267 g/mol. The van der Waals surface area contributed by atoms with Gasteiger partial charge in [-0.15, -0.1) is 0 Å². The highest BCUT2D eigenvalue weighted by Gasteiger charge is 2.17. The van der Waals surface area contributed by atoms with Gasteiger partial charge in [0.2, 0.25) is 0 Å². The maximum atomic E-state index is 6.02. The topological polar surface area (TPSA) is 47.1 Å². The van der Waals surface area contributed by atoms with Gasteiger partial charge in [-0.2, -0.15) is 0 Å². The third-order valence-corrected chi connectivity index (χ3v) is 3.48.